The number of aryl methyl sites for hydroxylation is 1. The molecule has 0 unspecified atom stereocenters. The van der Waals surface area contributed by atoms with Gasteiger partial charge in [0.2, 0.25) is 5.91 Å². The lowest BCUT2D eigenvalue weighted by Crippen LogP contribution is -2.38. The molecule has 0 saturated carbocycles. The Morgan fingerprint density at radius 3 is 2.84 bits per heavy atom. The second-order valence-corrected chi connectivity index (χ2v) is 8.12. The number of thioether (sulfide) groups is 1. The number of carbonyl (C=O) groups is 1. The van der Waals surface area contributed by atoms with Gasteiger partial charge in [0, 0.05) is 36.7 Å². The number of aromatic nitrogens is 3. The molecule has 0 aromatic carbocycles. The van der Waals surface area contributed by atoms with Crippen molar-refractivity contribution in [3.05, 3.63) is 16.8 Å². The highest BCUT2D eigenvalue weighted by atomic mass is 32.2. The Kier molecular flexibility index (Phi) is 4.39. The van der Waals surface area contributed by atoms with Gasteiger partial charge in [-0.3, -0.25) is 4.79 Å². The van der Waals surface area contributed by atoms with E-state index in [1.54, 1.807) is 23.1 Å². The van der Waals surface area contributed by atoms with Crippen LogP contribution in [0.4, 0.5) is 10.9 Å². The van der Waals surface area contributed by atoms with Crippen molar-refractivity contribution >= 4 is 40.0 Å². The first kappa shape index (κ1) is 16.4. The molecular weight excluding hydrogens is 356 g/mol. The minimum Gasteiger partial charge on any atom is -0.348 e. The van der Waals surface area contributed by atoms with Crippen LogP contribution in [-0.2, 0) is 11.3 Å². The molecule has 0 aliphatic carbocycles. The van der Waals surface area contributed by atoms with Gasteiger partial charge < -0.3 is 14.8 Å². The molecule has 4 heterocycles. The van der Waals surface area contributed by atoms with Gasteiger partial charge in [-0.05, 0) is 19.8 Å². The summed E-state index contributed by atoms with van der Waals surface area (Å²) in [5.74, 6) is 1.26. The van der Waals surface area contributed by atoms with Crippen molar-refractivity contribution in [3.8, 4) is 6.07 Å². The topological polar surface area (TPSA) is 86.8 Å². The van der Waals surface area contributed by atoms with Crippen LogP contribution in [0.25, 0.3) is 0 Å². The summed E-state index contributed by atoms with van der Waals surface area (Å²) in [4.78, 5) is 23.8. The molecule has 0 bridgehead atoms. The van der Waals surface area contributed by atoms with Gasteiger partial charge in [0.25, 0.3) is 0 Å². The molecule has 0 atom stereocenters. The van der Waals surface area contributed by atoms with Crippen molar-refractivity contribution in [3.63, 3.8) is 0 Å². The smallest absolute Gasteiger partial charge is 0.228 e. The van der Waals surface area contributed by atoms with E-state index in [1.807, 2.05) is 16.9 Å². The predicted octanol–water partition coefficient (Wildman–Crippen LogP) is 2.48. The predicted molar refractivity (Wildman–Crippen MR) is 98.1 cm³/mol. The first-order valence-corrected chi connectivity index (χ1v) is 10.1. The highest BCUT2D eigenvalue weighted by Crippen LogP contribution is 2.31. The van der Waals surface area contributed by atoms with Crippen LogP contribution in [0.3, 0.4) is 0 Å². The van der Waals surface area contributed by atoms with Crippen LogP contribution >= 0.6 is 23.1 Å². The second-order valence-electron chi connectivity index (χ2n) is 6.23. The van der Waals surface area contributed by atoms with Crippen LogP contribution in [-0.4, -0.2) is 39.3 Å². The summed E-state index contributed by atoms with van der Waals surface area (Å²) in [6.45, 7) is 4.42. The lowest BCUT2D eigenvalue weighted by Gasteiger charge is -2.30. The molecule has 0 radical (unpaired) electrons. The van der Waals surface area contributed by atoms with E-state index in [1.165, 1.54) is 0 Å². The van der Waals surface area contributed by atoms with E-state index in [0.29, 0.717) is 11.5 Å². The molecule has 2 aliphatic rings. The molecule has 130 valence electrons. The molecular formula is C16H18N6OS2. The Bertz CT molecular complexity index is 843. The Morgan fingerprint density at radius 1 is 1.36 bits per heavy atom. The number of piperidine rings is 1. The monoisotopic (exact) mass is 374 g/mol. The van der Waals surface area contributed by atoms with Crippen LogP contribution in [0.2, 0.25) is 0 Å². The maximum absolute atomic E-state index is 12.6. The number of fused-ring (bicyclic) bond motifs is 1. The number of carbonyl (C=O) groups excluding carboxylic acids is 1. The minimum absolute atomic E-state index is 0.0340. The average Bonchev–Trinajstić information content (AvgIpc) is 3.31. The van der Waals surface area contributed by atoms with Gasteiger partial charge >= 0.3 is 0 Å². The normalized spacial score (nSPS) is 17.4. The number of nitriles is 1. The first-order valence-electron chi connectivity index (χ1n) is 8.27. The van der Waals surface area contributed by atoms with Gasteiger partial charge in [0.15, 0.2) is 21.8 Å². The fourth-order valence-corrected chi connectivity index (χ4v) is 5.02. The Balaban J connectivity index is 1.39. The van der Waals surface area contributed by atoms with E-state index in [4.69, 9.17) is 0 Å². The maximum atomic E-state index is 12.6. The average molecular weight is 374 g/mol. The zero-order valence-corrected chi connectivity index (χ0v) is 15.5. The highest BCUT2D eigenvalue weighted by molar-refractivity contribution is 7.99. The third-order valence-corrected chi connectivity index (χ3v) is 6.55. The zero-order chi connectivity index (χ0) is 17.4. The summed E-state index contributed by atoms with van der Waals surface area (Å²) in [7, 11) is 0. The van der Waals surface area contributed by atoms with Gasteiger partial charge in [0.05, 0.1) is 5.69 Å². The van der Waals surface area contributed by atoms with Crippen molar-refractivity contribution in [1.82, 2.24) is 14.5 Å². The summed E-state index contributed by atoms with van der Waals surface area (Å²) < 4.78 is 1.88. The fraction of sp³-hybridized carbons (Fsp3) is 0.500. The Labute approximate surface area is 154 Å². The summed E-state index contributed by atoms with van der Waals surface area (Å²) in [6.07, 6.45) is 1.57. The van der Waals surface area contributed by atoms with Crippen molar-refractivity contribution < 1.29 is 4.79 Å². The SMILES string of the molecule is Cc1csc(N2CCC(C(=O)Nc3nc4n(c3C#N)CCS4)CC2)n1. The molecule has 2 aromatic heterocycles. The van der Waals surface area contributed by atoms with Crippen LogP contribution in [0.5, 0.6) is 0 Å². The molecule has 1 amide bonds. The van der Waals surface area contributed by atoms with E-state index < -0.39 is 0 Å². The van der Waals surface area contributed by atoms with Crippen LogP contribution in [0.15, 0.2) is 10.5 Å². The second kappa shape index (κ2) is 6.69. The van der Waals surface area contributed by atoms with Gasteiger partial charge in [0.1, 0.15) is 6.07 Å². The molecule has 9 heteroatoms. The van der Waals surface area contributed by atoms with Gasteiger partial charge in [-0.15, -0.1) is 11.3 Å². The third kappa shape index (κ3) is 3.12. The lowest BCUT2D eigenvalue weighted by molar-refractivity contribution is -0.120. The molecule has 2 aromatic rings. The number of anilines is 2. The van der Waals surface area contributed by atoms with Crippen molar-refractivity contribution in [2.24, 2.45) is 5.92 Å². The first-order chi connectivity index (χ1) is 12.2. The number of nitrogens with zero attached hydrogens (tertiary/aromatic N) is 5. The van der Waals surface area contributed by atoms with E-state index in [0.717, 1.165) is 54.2 Å². The standard InChI is InChI=1S/C16H18N6OS2/c1-10-9-25-15(18-10)21-4-2-11(3-5-21)14(23)19-13-12(8-17)22-6-7-24-16(22)20-13/h9,11H,2-7H2,1H3,(H,19,23). The van der Waals surface area contributed by atoms with E-state index >= 15 is 0 Å². The maximum Gasteiger partial charge on any atom is 0.228 e. The number of rotatable bonds is 3. The number of hydrogen-bond acceptors (Lipinski definition) is 7. The molecule has 2 aliphatic heterocycles. The van der Waals surface area contributed by atoms with Crippen molar-refractivity contribution in [2.45, 2.75) is 31.5 Å². The quantitative estimate of drug-likeness (QED) is 0.888. The molecule has 25 heavy (non-hydrogen) atoms. The van der Waals surface area contributed by atoms with E-state index in [-0.39, 0.29) is 11.8 Å². The summed E-state index contributed by atoms with van der Waals surface area (Å²) in [6, 6.07) is 2.17. The number of thiazole rings is 1. The number of imidazole rings is 1. The largest absolute Gasteiger partial charge is 0.348 e. The minimum atomic E-state index is -0.0481. The summed E-state index contributed by atoms with van der Waals surface area (Å²) in [5, 5.41) is 16.2. The molecule has 1 N–H and O–H groups in total. The van der Waals surface area contributed by atoms with Gasteiger partial charge in [-0.25, -0.2) is 9.97 Å². The molecule has 7 nitrogen and oxygen atoms in total. The fourth-order valence-electron chi connectivity index (χ4n) is 3.22. The summed E-state index contributed by atoms with van der Waals surface area (Å²) >= 11 is 3.27. The molecule has 0 spiro atoms. The Morgan fingerprint density at radius 2 is 2.16 bits per heavy atom. The Hall–Kier alpha value is -2.05. The number of hydrogen-bond donors (Lipinski definition) is 1. The van der Waals surface area contributed by atoms with E-state index in [9.17, 15) is 10.1 Å². The zero-order valence-electron chi connectivity index (χ0n) is 13.9. The van der Waals surface area contributed by atoms with Crippen LogP contribution in [0, 0.1) is 24.2 Å². The highest BCUT2D eigenvalue weighted by Gasteiger charge is 2.29. The van der Waals surface area contributed by atoms with Crippen molar-refractivity contribution in [1.29, 1.82) is 5.26 Å². The lowest BCUT2D eigenvalue weighted by atomic mass is 9.96. The van der Waals surface area contributed by atoms with E-state index in [2.05, 4.69) is 26.3 Å². The third-order valence-electron chi connectivity index (χ3n) is 4.57. The van der Waals surface area contributed by atoms with Crippen molar-refractivity contribution in [2.75, 3.05) is 29.1 Å². The molecule has 4 rings (SSSR count). The number of nitrogens with one attached hydrogen (secondary N) is 1. The van der Waals surface area contributed by atoms with Gasteiger partial charge in [-0.2, -0.15) is 5.26 Å². The van der Waals surface area contributed by atoms with Gasteiger partial charge in [-0.1, -0.05) is 11.8 Å². The molecule has 1 saturated heterocycles. The van der Waals surface area contributed by atoms with Crippen LogP contribution in [0.1, 0.15) is 24.2 Å². The van der Waals surface area contributed by atoms with Crippen LogP contribution < -0.4 is 10.2 Å². The molecule has 1 fully saturated rings. The number of amides is 1. The summed E-state index contributed by atoms with van der Waals surface area (Å²) in [5.41, 5.74) is 1.50.